The molecular formula is C24H18ClN5OS. The Kier molecular flexibility index (Phi) is 5.75. The SMILES string of the molecule is O=c1[nH]c(CCSc2nnc(-c3ccc(Cl)cc3)n2-c2ccccc2)nc2ccccc12. The molecule has 2 heterocycles. The van der Waals surface area contributed by atoms with Crippen LogP contribution in [0.2, 0.25) is 5.02 Å². The average Bonchev–Trinajstić information content (AvgIpc) is 3.24. The first-order chi connectivity index (χ1) is 15.7. The van der Waals surface area contributed by atoms with Crippen molar-refractivity contribution in [3.05, 3.63) is 100 Å². The summed E-state index contributed by atoms with van der Waals surface area (Å²) < 4.78 is 2.03. The van der Waals surface area contributed by atoms with E-state index in [0.29, 0.717) is 33.9 Å². The third-order valence-corrected chi connectivity index (χ3v) is 6.16. The molecule has 0 aliphatic rings. The number of halogens is 1. The summed E-state index contributed by atoms with van der Waals surface area (Å²) in [4.78, 5) is 19.8. The fourth-order valence-corrected chi connectivity index (χ4v) is 4.47. The number of hydrogen-bond donors (Lipinski definition) is 1. The first-order valence-electron chi connectivity index (χ1n) is 10.1. The minimum absolute atomic E-state index is 0.118. The molecule has 0 atom stereocenters. The molecule has 0 spiro atoms. The first kappa shape index (κ1) is 20.5. The van der Waals surface area contributed by atoms with E-state index in [9.17, 15) is 4.79 Å². The summed E-state index contributed by atoms with van der Waals surface area (Å²) in [5, 5.41) is 10.9. The minimum atomic E-state index is -0.118. The number of aromatic amines is 1. The van der Waals surface area contributed by atoms with E-state index in [1.165, 1.54) is 0 Å². The molecule has 0 aliphatic carbocycles. The monoisotopic (exact) mass is 459 g/mol. The quantitative estimate of drug-likeness (QED) is 0.355. The number of nitrogens with one attached hydrogen (secondary N) is 1. The standard InChI is InChI=1S/C24H18ClN5OS/c25-17-12-10-16(11-13-17)22-28-29-24(30(22)18-6-2-1-3-7-18)32-15-14-21-26-20-9-5-4-8-19(20)23(31)27-21/h1-13H,14-15H2,(H,26,27,31). The second-order valence-electron chi connectivity index (χ2n) is 7.11. The van der Waals surface area contributed by atoms with Gasteiger partial charge in [-0.05, 0) is 48.5 Å². The summed E-state index contributed by atoms with van der Waals surface area (Å²) in [6, 6.07) is 24.9. The van der Waals surface area contributed by atoms with Gasteiger partial charge in [0.2, 0.25) is 0 Å². The number of rotatable bonds is 6. The molecule has 0 bridgehead atoms. The van der Waals surface area contributed by atoms with Crippen LogP contribution in [-0.4, -0.2) is 30.5 Å². The second kappa shape index (κ2) is 8.98. The number of para-hydroxylation sites is 2. The normalized spacial score (nSPS) is 11.2. The molecule has 0 aliphatic heterocycles. The predicted molar refractivity (Wildman–Crippen MR) is 129 cm³/mol. The van der Waals surface area contributed by atoms with Crippen LogP contribution in [0.3, 0.4) is 0 Å². The summed E-state index contributed by atoms with van der Waals surface area (Å²) in [5.74, 6) is 2.09. The highest BCUT2D eigenvalue weighted by molar-refractivity contribution is 7.99. The molecule has 3 aromatic carbocycles. The van der Waals surface area contributed by atoms with Crippen LogP contribution in [0.15, 0.2) is 88.8 Å². The maximum Gasteiger partial charge on any atom is 0.258 e. The number of nitrogens with zero attached hydrogens (tertiary/aromatic N) is 4. The fraction of sp³-hybridized carbons (Fsp3) is 0.0833. The van der Waals surface area contributed by atoms with Gasteiger partial charge in [0.05, 0.1) is 10.9 Å². The van der Waals surface area contributed by atoms with Gasteiger partial charge in [-0.25, -0.2) is 4.98 Å². The summed E-state index contributed by atoms with van der Waals surface area (Å²) in [6.07, 6.45) is 0.600. The Morgan fingerprint density at radius 1 is 0.906 bits per heavy atom. The van der Waals surface area contributed by atoms with Crippen LogP contribution in [0.4, 0.5) is 0 Å². The van der Waals surface area contributed by atoms with Crippen LogP contribution in [0, 0.1) is 0 Å². The number of hydrogen-bond acceptors (Lipinski definition) is 5. The highest BCUT2D eigenvalue weighted by Crippen LogP contribution is 2.29. The van der Waals surface area contributed by atoms with Crippen molar-refractivity contribution >= 4 is 34.3 Å². The summed E-state index contributed by atoms with van der Waals surface area (Å²) in [5.41, 5.74) is 2.49. The highest BCUT2D eigenvalue weighted by atomic mass is 35.5. The van der Waals surface area contributed by atoms with Crippen molar-refractivity contribution < 1.29 is 0 Å². The number of fused-ring (bicyclic) bond motifs is 1. The van der Waals surface area contributed by atoms with Crippen molar-refractivity contribution in [2.24, 2.45) is 0 Å². The van der Waals surface area contributed by atoms with E-state index in [-0.39, 0.29) is 5.56 Å². The van der Waals surface area contributed by atoms with E-state index in [1.807, 2.05) is 77.4 Å². The summed E-state index contributed by atoms with van der Waals surface area (Å²) >= 11 is 7.63. The molecule has 0 radical (unpaired) electrons. The van der Waals surface area contributed by atoms with Crippen molar-refractivity contribution in [3.8, 4) is 17.1 Å². The molecule has 0 saturated heterocycles. The highest BCUT2D eigenvalue weighted by Gasteiger charge is 2.16. The Hall–Kier alpha value is -3.42. The number of thioether (sulfide) groups is 1. The van der Waals surface area contributed by atoms with E-state index in [1.54, 1.807) is 17.8 Å². The predicted octanol–water partition coefficient (Wildman–Crippen LogP) is 5.16. The van der Waals surface area contributed by atoms with Gasteiger partial charge in [0, 0.05) is 28.4 Å². The fourth-order valence-electron chi connectivity index (χ4n) is 3.45. The van der Waals surface area contributed by atoms with Crippen molar-refractivity contribution in [2.45, 2.75) is 11.6 Å². The second-order valence-corrected chi connectivity index (χ2v) is 8.61. The van der Waals surface area contributed by atoms with Crippen molar-refractivity contribution in [1.82, 2.24) is 24.7 Å². The first-order valence-corrected chi connectivity index (χ1v) is 11.4. The summed E-state index contributed by atoms with van der Waals surface area (Å²) in [6.45, 7) is 0. The smallest absolute Gasteiger partial charge is 0.258 e. The van der Waals surface area contributed by atoms with E-state index in [4.69, 9.17) is 11.6 Å². The zero-order valence-corrected chi connectivity index (χ0v) is 18.5. The van der Waals surface area contributed by atoms with Gasteiger partial charge < -0.3 is 4.98 Å². The molecule has 158 valence electrons. The Morgan fingerprint density at radius 2 is 1.66 bits per heavy atom. The number of aryl methyl sites for hydroxylation is 1. The molecular weight excluding hydrogens is 442 g/mol. The van der Waals surface area contributed by atoms with Crippen molar-refractivity contribution in [1.29, 1.82) is 0 Å². The van der Waals surface area contributed by atoms with Crippen LogP contribution < -0.4 is 5.56 Å². The Labute approximate surface area is 193 Å². The zero-order chi connectivity index (χ0) is 21.9. The lowest BCUT2D eigenvalue weighted by Crippen LogP contribution is -2.12. The van der Waals surface area contributed by atoms with Crippen molar-refractivity contribution in [3.63, 3.8) is 0 Å². The third-order valence-electron chi connectivity index (χ3n) is 4.98. The molecule has 32 heavy (non-hydrogen) atoms. The van der Waals surface area contributed by atoms with E-state index in [2.05, 4.69) is 20.2 Å². The van der Waals surface area contributed by atoms with Gasteiger partial charge >= 0.3 is 0 Å². The molecule has 5 aromatic rings. The van der Waals surface area contributed by atoms with Gasteiger partial charge in [0.1, 0.15) is 5.82 Å². The zero-order valence-electron chi connectivity index (χ0n) is 16.9. The number of H-pyrrole nitrogens is 1. The van der Waals surface area contributed by atoms with E-state index < -0.39 is 0 Å². The minimum Gasteiger partial charge on any atom is -0.310 e. The molecule has 0 unspecified atom stereocenters. The van der Waals surface area contributed by atoms with Gasteiger partial charge in [-0.2, -0.15) is 0 Å². The van der Waals surface area contributed by atoms with Crippen LogP contribution in [0.25, 0.3) is 28.0 Å². The van der Waals surface area contributed by atoms with Crippen LogP contribution in [-0.2, 0) is 6.42 Å². The lowest BCUT2D eigenvalue weighted by Gasteiger charge is -2.10. The largest absolute Gasteiger partial charge is 0.310 e. The van der Waals surface area contributed by atoms with Gasteiger partial charge in [-0.1, -0.05) is 53.7 Å². The van der Waals surface area contributed by atoms with Crippen LogP contribution in [0.1, 0.15) is 5.82 Å². The molecule has 0 amide bonds. The molecule has 1 N–H and O–H groups in total. The number of aromatic nitrogens is 5. The molecule has 6 nitrogen and oxygen atoms in total. The maximum absolute atomic E-state index is 12.3. The molecule has 8 heteroatoms. The third kappa shape index (κ3) is 4.17. The van der Waals surface area contributed by atoms with Gasteiger partial charge in [-0.3, -0.25) is 9.36 Å². The van der Waals surface area contributed by atoms with Crippen LogP contribution in [0.5, 0.6) is 0 Å². The molecule has 0 fully saturated rings. The van der Waals surface area contributed by atoms with Crippen LogP contribution >= 0.6 is 23.4 Å². The summed E-state index contributed by atoms with van der Waals surface area (Å²) in [7, 11) is 0. The maximum atomic E-state index is 12.3. The lowest BCUT2D eigenvalue weighted by atomic mass is 10.2. The number of benzene rings is 3. The molecule has 2 aromatic heterocycles. The van der Waals surface area contributed by atoms with Gasteiger partial charge in [-0.15, -0.1) is 10.2 Å². The Balaban J connectivity index is 1.43. The Bertz CT molecular complexity index is 1430. The van der Waals surface area contributed by atoms with E-state index in [0.717, 1.165) is 22.2 Å². The lowest BCUT2D eigenvalue weighted by molar-refractivity contribution is 0.880. The van der Waals surface area contributed by atoms with Gasteiger partial charge in [0.25, 0.3) is 5.56 Å². The topological polar surface area (TPSA) is 76.5 Å². The molecule has 5 rings (SSSR count). The Morgan fingerprint density at radius 3 is 2.47 bits per heavy atom. The van der Waals surface area contributed by atoms with Crippen molar-refractivity contribution in [2.75, 3.05) is 5.75 Å². The van der Waals surface area contributed by atoms with E-state index >= 15 is 0 Å². The van der Waals surface area contributed by atoms with Gasteiger partial charge in [0.15, 0.2) is 11.0 Å². The average molecular weight is 460 g/mol. The molecule has 0 saturated carbocycles.